The second-order valence-corrected chi connectivity index (χ2v) is 38.6. The molecule has 1 nitrogen and oxygen atoms in total. The zero-order chi connectivity index (χ0) is 77.7. The van der Waals surface area contributed by atoms with Gasteiger partial charge in [0.2, 0.25) is 0 Å². The van der Waals surface area contributed by atoms with Gasteiger partial charge in [0.05, 0.1) is 6.61 Å². The van der Waals surface area contributed by atoms with E-state index in [4.69, 9.17) is 0 Å². The predicted molar refractivity (Wildman–Crippen MR) is 504 cm³/mol. The van der Waals surface area contributed by atoms with Gasteiger partial charge in [-0.3, -0.25) is 0 Å². The largest absolute Gasteiger partial charge is 0.392 e. The second kappa shape index (κ2) is 59.3. The molecule has 0 amide bonds. The van der Waals surface area contributed by atoms with Gasteiger partial charge >= 0.3 is 0 Å². The maximum absolute atomic E-state index is 10.8. The molecule has 7 aromatic rings. The summed E-state index contributed by atoms with van der Waals surface area (Å²) < 4.78 is 0. The van der Waals surface area contributed by atoms with Gasteiger partial charge in [-0.1, -0.05) is 337 Å². The molecular weight excluding hydrogens is 1450 g/mol. The van der Waals surface area contributed by atoms with Crippen LogP contribution in [0.3, 0.4) is 0 Å². The Bertz CT molecular complexity index is 3030. The molecule has 0 aliphatic heterocycles. The van der Waals surface area contributed by atoms with Crippen molar-refractivity contribution in [3.63, 3.8) is 0 Å². The van der Waals surface area contributed by atoms with Crippen LogP contribution < -0.4 is 0 Å². The Morgan fingerprint density at radius 3 is 0.373 bits per heavy atom. The molecule has 0 aromatic heterocycles. The van der Waals surface area contributed by atoms with Gasteiger partial charge in [-0.05, 0) is 220 Å². The van der Waals surface area contributed by atoms with Crippen LogP contribution in [0.4, 0.5) is 0 Å². The van der Waals surface area contributed by atoms with Crippen LogP contribution in [-0.4, -0.2) is 5.11 Å². The van der Waals surface area contributed by atoms with Crippen molar-refractivity contribution in [2.24, 2.45) is 0 Å². The summed E-state index contributed by atoms with van der Waals surface area (Å²) in [6.45, 7) is 18.7. The highest BCUT2D eigenvalue weighted by molar-refractivity contribution is 7.98. The van der Waals surface area contributed by atoms with Crippen molar-refractivity contribution in [2.75, 3.05) is 0 Å². The summed E-state index contributed by atoms with van der Waals surface area (Å²) in [4.78, 5) is 0. The smallest absolute Gasteiger partial charge is 0.0682 e. The fourth-order valence-electron chi connectivity index (χ4n) is 15.9. The first-order valence-corrected chi connectivity index (χ1v) is 51.9. The third-order valence-corrected chi connectivity index (χ3v) is 28.2. The standard InChI is InChI=1S/C103H152OS6/c1-9-17-25-33-41-83-49-84(42-34-26-18-10-2)54-92(53-83)71-105-77-98-64-99(78-106-72-93-55-85(43-35-27-19-11-3)50-86(56-93)44-36-28-20-12-4)67-102(66-98)81-109-75-96-61-91(70-104)62-97(63-96)76-110-82-103-68-100(79-107-73-94-57-87(45-37-29-21-13-5)51-88(58-94)46-38-30-22-14-6)65-101(69-103)80-108-74-95-59-89(47-39-31-23-15-7)52-90(60-95)48-40-32-24-16-8/h49-69,104H,9-48,70-82H2,1-8H3. The number of aliphatic hydroxyl groups excluding tert-OH is 1. The average molecular weight is 1600 g/mol. The molecule has 0 saturated heterocycles. The number of rotatable bonds is 65. The summed E-state index contributed by atoms with van der Waals surface area (Å²) in [6, 6.07) is 52.8. The third kappa shape index (κ3) is 40.4. The summed E-state index contributed by atoms with van der Waals surface area (Å²) in [7, 11) is 0. The Hall–Kier alpha value is -3.40. The molecule has 0 bridgehead atoms. The minimum Gasteiger partial charge on any atom is -0.392 e. The van der Waals surface area contributed by atoms with Crippen molar-refractivity contribution < 1.29 is 5.11 Å². The van der Waals surface area contributed by atoms with Crippen molar-refractivity contribution in [2.45, 2.75) is 388 Å². The van der Waals surface area contributed by atoms with E-state index in [0.717, 1.165) is 74.6 Å². The lowest BCUT2D eigenvalue weighted by atomic mass is 9.98. The lowest BCUT2D eigenvalue weighted by Gasteiger charge is -2.14. The van der Waals surface area contributed by atoms with E-state index < -0.39 is 0 Å². The van der Waals surface area contributed by atoms with Crippen molar-refractivity contribution in [3.05, 3.63) is 244 Å². The van der Waals surface area contributed by atoms with E-state index in [1.807, 2.05) is 23.5 Å². The molecule has 7 rings (SSSR count). The highest BCUT2D eigenvalue weighted by Gasteiger charge is 2.14. The minimum atomic E-state index is 0.0672. The molecule has 110 heavy (non-hydrogen) atoms. The van der Waals surface area contributed by atoms with E-state index in [9.17, 15) is 5.11 Å². The maximum atomic E-state index is 10.8. The van der Waals surface area contributed by atoms with Crippen LogP contribution in [0.2, 0.25) is 0 Å². The highest BCUT2D eigenvalue weighted by Crippen LogP contribution is 2.33. The molecular formula is C103H152OS6. The second-order valence-electron chi connectivity index (χ2n) is 32.7. The molecule has 0 fully saturated rings. The van der Waals surface area contributed by atoms with E-state index in [1.54, 1.807) is 44.5 Å². The van der Waals surface area contributed by atoms with E-state index in [1.165, 1.54) is 324 Å². The molecule has 7 heteroatoms. The molecule has 7 aromatic carbocycles. The van der Waals surface area contributed by atoms with Crippen molar-refractivity contribution in [1.29, 1.82) is 0 Å². The monoisotopic (exact) mass is 1600 g/mol. The van der Waals surface area contributed by atoms with Gasteiger partial charge in [0.1, 0.15) is 0 Å². The molecule has 1 N–H and O–H groups in total. The lowest BCUT2D eigenvalue weighted by Crippen LogP contribution is -1.97. The van der Waals surface area contributed by atoms with Crippen LogP contribution in [0.1, 0.15) is 378 Å². The summed E-state index contributed by atoms with van der Waals surface area (Å²) in [6.07, 6.45) is 51.7. The number of hydrogen-bond acceptors (Lipinski definition) is 7. The first-order chi connectivity index (χ1) is 54.1. The van der Waals surface area contributed by atoms with Crippen LogP contribution in [0, 0.1) is 0 Å². The van der Waals surface area contributed by atoms with Crippen molar-refractivity contribution in [3.8, 4) is 0 Å². The SMILES string of the molecule is CCCCCCc1cc(CCCCCC)cc(CSCc2cc(CSCc3cc(CCCCCC)cc(CCCCCC)c3)cc(CSCc3cc(CO)cc(CSCc4cc(CSCc5cc(CCCCCC)cc(CCCCCC)c5)cc(CSCc5cc(CCCCCC)cc(CCCCCC)c5)c4)c3)c2)c1. The number of unbranched alkanes of at least 4 members (excludes halogenated alkanes) is 24. The molecule has 606 valence electrons. The Balaban J connectivity index is 1.06. The molecule has 0 saturated carbocycles. The van der Waals surface area contributed by atoms with E-state index in [0.29, 0.717) is 0 Å². The van der Waals surface area contributed by atoms with Gasteiger partial charge in [0.15, 0.2) is 0 Å². The number of hydrogen-bond donors (Lipinski definition) is 1. The topological polar surface area (TPSA) is 20.2 Å². The zero-order valence-corrected chi connectivity index (χ0v) is 75.9. The van der Waals surface area contributed by atoms with Crippen molar-refractivity contribution in [1.82, 2.24) is 0 Å². The van der Waals surface area contributed by atoms with Crippen LogP contribution in [-0.2, 0) is 127 Å². The highest BCUT2D eigenvalue weighted by atomic mass is 32.2. The van der Waals surface area contributed by atoms with Gasteiger partial charge in [-0.2, -0.15) is 70.6 Å². The van der Waals surface area contributed by atoms with Crippen LogP contribution >= 0.6 is 70.6 Å². The summed E-state index contributed by atoms with van der Waals surface area (Å²) in [5.41, 5.74) is 30.9. The number of aryl methyl sites for hydroxylation is 8. The first kappa shape index (κ1) is 93.8. The van der Waals surface area contributed by atoms with Gasteiger partial charge in [-0.15, -0.1) is 0 Å². The van der Waals surface area contributed by atoms with Gasteiger partial charge in [-0.25, -0.2) is 0 Å². The summed E-state index contributed by atoms with van der Waals surface area (Å²) in [5, 5.41) is 10.8. The number of benzene rings is 7. The molecule has 0 unspecified atom stereocenters. The summed E-state index contributed by atoms with van der Waals surface area (Å²) >= 11 is 12.5. The van der Waals surface area contributed by atoms with Crippen LogP contribution in [0.25, 0.3) is 0 Å². The Morgan fingerprint density at radius 1 is 0.145 bits per heavy atom. The quantitative estimate of drug-likeness (QED) is 0.0379. The molecule has 0 heterocycles. The third-order valence-electron chi connectivity index (χ3n) is 21.7. The van der Waals surface area contributed by atoms with Crippen LogP contribution in [0.15, 0.2) is 127 Å². The Morgan fingerprint density at radius 2 is 0.255 bits per heavy atom. The van der Waals surface area contributed by atoms with Crippen molar-refractivity contribution >= 4 is 70.6 Å². The van der Waals surface area contributed by atoms with E-state index in [2.05, 4.69) is 230 Å². The van der Waals surface area contributed by atoms with Gasteiger partial charge < -0.3 is 5.11 Å². The van der Waals surface area contributed by atoms with E-state index in [-0.39, 0.29) is 6.61 Å². The van der Waals surface area contributed by atoms with Gasteiger partial charge in [0, 0.05) is 69.0 Å². The van der Waals surface area contributed by atoms with E-state index >= 15 is 0 Å². The molecule has 0 spiro atoms. The average Bonchev–Trinajstić information content (AvgIpc) is 0.889. The fourth-order valence-corrected chi connectivity index (χ4v) is 21.3. The fraction of sp³-hybridized carbons (Fsp3) is 0.592. The predicted octanol–water partition coefficient (Wildman–Crippen LogP) is 32.8. The van der Waals surface area contributed by atoms with Crippen LogP contribution in [0.5, 0.6) is 0 Å². The van der Waals surface area contributed by atoms with Gasteiger partial charge in [0.25, 0.3) is 0 Å². The molecule has 0 aliphatic carbocycles. The molecule has 0 radical (unpaired) electrons. The Labute approximate surface area is 702 Å². The Kier molecular flexibility index (Phi) is 50.5. The first-order valence-electron chi connectivity index (χ1n) is 45.0. The number of aliphatic hydroxyl groups is 1. The number of thioether (sulfide) groups is 6. The minimum absolute atomic E-state index is 0.0672. The lowest BCUT2D eigenvalue weighted by molar-refractivity contribution is 0.281. The normalized spacial score (nSPS) is 11.6. The maximum Gasteiger partial charge on any atom is 0.0682 e. The molecule has 0 aliphatic rings. The molecule has 0 atom stereocenters. The zero-order valence-electron chi connectivity index (χ0n) is 71.0. The summed E-state index contributed by atoms with van der Waals surface area (Å²) in [5.74, 6) is 12.1.